The van der Waals surface area contributed by atoms with Crippen LogP contribution in [0.15, 0.2) is 18.2 Å². The van der Waals surface area contributed by atoms with Crippen molar-refractivity contribution in [1.82, 2.24) is 20.0 Å². The first-order chi connectivity index (χ1) is 15.1. The number of nitrogens with zero attached hydrogens (tertiary/aromatic N) is 3. The average molecular weight is 431 g/mol. The summed E-state index contributed by atoms with van der Waals surface area (Å²) in [6.07, 6.45) is 2.93. The summed E-state index contributed by atoms with van der Waals surface area (Å²) in [6.45, 7) is 6.46. The van der Waals surface area contributed by atoms with Crippen LogP contribution in [0.2, 0.25) is 0 Å². The molecule has 170 valence electrons. The number of hydrogen-bond acceptors (Lipinski definition) is 6. The van der Waals surface area contributed by atoms with E-state index in [0.29, 0.717) is 31.1 Å². The van der Waals surface area contributed by atoms with Crippen molar-refractivity contribution in [2.75, 3.05) is 60.0 Å². The Labute approximate surface area is 184 Å². The molecule has 8 nitrogen and oxygen atoms in total. The number of carbonyl (C=O) groups is 2. The Kier molecular flexibility index (Phi) is 6.97. The van der Waals surface area contributed by atoms with Gasteiger partial charge in [-0.25, -0.2) is 0 Å². The van der Waals surface area contributed by atoms with Gasteiger partial charge in [0.2, 0.25) is 11.8 Å². The maximum atomic E-state index is 13.0. The lowest BCUT2D eigenvalue weighted by atomic mass is 10.1. The third-order valence-electron chi connectivity index (χ3n) is 6.58. The fourth-order valence-corrected chi connectivity index (χ4v) is 4.53. The van der Waals surface area contributed by atoms with Gasteiger partial charge in [-0.2, -0.15) is 0 Å². The molecule has 1 aromatic carbocycles. The van der Waals surface area contributed by atoms with E-state index < -0.39 is 6.04 Å². The predicted molar refractivity (Wildman–Crippen MR) is 117 cm³/mol. The largest absolute Gasteiger partial charge is 0.493 e. The van der Waals surface area contributed by atoms with E-state index in [4.69, 9.17) is 9.47 Å². The van der Waals surface area contributed by atoms with Gasteiger partial charge in [-0.05, 0) is 36.5 Å². The first-order valence-electron chi connectivity index (χ1n) is 11.3. The summed E-state index contributed by atoms with van der Waals surface area (Å²) in [7, 11) is 3.22. The standard InChI is InChI=1S/C23H34N4O4/c1-30-20-6-5-18(13-21(20)31-2)16-27-8-7-24-23(29)19(27)14-22(28)26-11-9-25(10-12-26)15-17-3-4-17/h5-6,13,17,19H,3-4,7-12,14-16H2,1-2H3,(H,24,29)/t19-/m0/s1. The van der Waals surface area contributed by atoms with Crippen LogP contribution in [0.1, 0.15) is 24.8 Å². The van der Waals surface area contributed by atoms with E-state index >= 15 is 0 Å². The van der Waals surface area contributed by atoms with Crippen LogP contribution in [0.5, 0.6) is 11.5 Å². The summed E-state index contributed by atoms with van der Waals surface area (Å²) in [4.78, 5) is 32.1. The molecule has 1 aliphatic carbocycles. The highest BCUT2D eigenvalue weighted by Gasteiger charge is 2.34. The quantitative estimate of drug-likeness (QED) is 0.662. The number of rotatable bonds is 8. The second kappa shape index (κ2) is 9.87. The minimum Gasteiger partial charge on any atom is -0.493 e. The topological polar surface area (TPSA) is 74.4 Å². The smallest absolute Gasteiger partial charge is 0.237 e. The average Bonchev–Trinajstić information content (AvgIpc) is 3.60. The molecule has 1 atom stereocenters. The summed E-state index contributed by atoms with van der Waals surface area (Å²) in [5.41, 5.74) is 1.03. The number of carbonyl (C=O) groups excluding carboxylic acids is 2. The number of piperazine rings is 2. The lowest BCUT2D eigenvalue weighted by Gasteiger charge is -2.38. The number of hydrogen-bond donors (Lipinski definition) is 1. The van der Waals surface area contributed by atoms with Crippen molar-refractivity contribution < 1.29 is 19.1 Å². The molecule has 0 spiro atoms. The molecule has 0 bridgehead atoms. The van der Waals surface area contributed by atoms with Crippen LogP contribution in [0.3, 0.4) is 0 Å². The minimum atomic E-state index is -0.446. The summed E-state index contributed by atoms with van der Waals surface area (Å²) in [6, 6.07) is 5.34. The van der Waals surface area contributed by atoms with Crippen molar-refractivity contribution in [2.24, 2.45) is 5.92 Å². The Morgan fingerprint density at radius 1 is 1.06 bits per heavy atom. The zero-order valence-corrected chi connectivity index (χ0v) is 18.6. The Morgan fingerprint density at radius 3 is 2.48 bits per heavy atom. The van der Waals surface area contributed by atoms with Gasteiger partial charge in [0.1, 0.15) is 0 Å². The molecule has 4 rings (SSSR count). The Morgan fingerprint density at radius 2 is 1.81 bits per heavy atom. The van der Waals surface area contributed by atoms with Crippen molar-refractivity contribution >= 4 is 11.8 Å². The zero-order valence-electron chi connectivity index (χ0n) is 18.6. The highest BCUT2D eigenvalue weighted by Crippen LogP contribution is 2.30. The molecular weight excluding hydrogens is 396 g/mol. The highest BCUT2D eigenvalue weighted by atomic mass is 16.5. The Balaban J connectivity index is 1.36. The van der Waals surface area contributed by atoms with Crippen molar-refractivity contribution in [1.29, 1.82) is 0 Å². The van der Waals surface area contributed by atoms with Gasteiger partial charge in [0.15, 0.2) is 11.5 Å². The van der Waals surface area contributed by atoms with E-state index in [1.165, 1.54) is 19.4 Å². The lowest BCUT2D eigenvalue weighted by molar-refractivity contribution is -0.140. The molecule has 0 radical (unpaired) electrons. The van der Waals surface area contributed by atoms with Crippen LogP contribution >= 0.6 is 0 Å². The SMILES string of the molecule is COc1ccc(CN2CCNC(=O)[C@@H]2CC(=O)N2CCN(CC3CC3)CC2)cc1OC. The molecule has 3 fully saturated rings. The van der Waals surface area contributed by atoms with Gasteiger partial charge >= 0.3 is 0 Å². The molecule has 2 heterocycles. The van der Waals surface area contributed by atoms with E-state index in [-0.39, 0.29) is 18.2 Å². The van der Waals surface area contributed by atoms with Crippen molar-refractivity contribution in [3.05, 3.63) is 23.8 Å². The maximum absolute atomic E-state index is 13.0. The summed E-state index contributed by atoms with van der Waals surface area (Å²) in [5, 5.41) is 2.93. The second-order valence-electron chi connectivity index (χ2n) is 8.80. The fraction of sp³-hybridized carbons (Fsp3) is 0.652. The van der Waals surface area contributed by atoms with E-state index in [9.17, 15) is 9.59 Å². The van der Waals surface area contributed by atoms with Gasteiger partial charge in [0, 0.05) is 52.4 Å². The van der Waals surface area contributed by atoms with Crippen molar-refractivity contribution in [3.8, 4) is 11.5 Å². The Bertz CT molecular complexity index is 790. The van der Waals surface area contributed by atoms with Crippen LogP contribution in [-0.4, -0.2) is 92.6 Å². The third-order valence-corrected chi connectivity index (χ3v) is 6.58. The number of ether oxygens (including phenoxy) is 2. The minimum absolute atomic E-state index is 0.0625. The molecule has 2 amide bonds. The van der Waals surface area contributed by atoms with Crippen LogP contribution in [0.25, 0.3) is 0 Å². The van der Waals surface area contributed by atoms with Gasteiger partial charge < -0.3 is 19.7 Å². The first-order valence-corrected chi connectivity index (χ1v) is 11.3. The zero-order chi connectivity index (χ0) is 21.8. The van der Waals surface area contributed by atoms with E-state index in [1.54, 1.807) is 14.2 Å². The maximum Gasteiger partial charge on any atom is 0.237 e. The normalized spacial score (nSPS) is 22.8. The molecule has 31 heavy (non-hydrogen) atoms. The van der Waals surface area contributed by atoms with Crippen LogP contribution in [-0.2, 0) is 16.1 Å². The highest BCUT2D eigenvalue weighted by molar-refractivity contribution is 5.88. The first kappa shape index (κ1) is 21.9. The molecule has 1 saturated carbocycles. The molecule has 2 aliphatic heterocycles. The fourth-order valence-electron chi connectivity index (χ4n) is 4.53. The number of methoxy groups -OCH3 is 2. The van der Waals surface area contributed by atoms with Gasteiger partial charge in [-0.15, -0.1) is 0 Å². The van der Waals surface area contributed by atoms with Crippen molar-refractivity contribution in [3.63, 3.8) is 0 Å². The van der Waals surface area contributed by atoms with Gasteiger partial charge in [0.25, 0.3) is 0 Å². The molecule has 3 aliphatic rings. The van der Waals surface area contributed by atoms with E-state index in [1.807, 2.05) is 23.1 Å². The monoisotopic (exact) mass is 430 g/mol. The summed E-state index contributed by atoms with van der Waals surface area (Å²) >= 11 is 0. The number of amides is 2. The van der Waals surface area contributed by atoms with Crippen molar-refractivity contribution in [2.45, 2.75) is 31.8 Å². The number of nitrogens with one attached hydrogen (secondary N) is 1. The summed E-state index contributed by atoms with van der Waals surface area (Å²) in [5.74, 6) is 2.23. The molecular formula is C23H34N4O4. The number of benzene rings is 1. The Hall–Kier alpha value is -2.32. The lowest BCUT2D eigenvalue weighted by Crippen LogP contribution is -2.57. The third kappa shape index (κ3) is 5.49. The van der Waals surface area contributed by atoms with Gasteiger partial charge in [0.05, 0.1) is 26.7 Å². The van der Waals surface area contributed by atoms with Crippen LogP contribution in [0.4, 0.5) is 0 Å². The molecule has 2 saturated heterocycles. The van der Waals surface area contributed by atoms with Crippen LogP contribution in [0, 0.1) is 5.92 Å². The second-order valence-corrected chi connectivity index (χ2v) is 8.80. The molecule has 1 N–H and O–H groups in total. The van der Waals surface area contributed by atoms with E-state index in [0.717, 1.165) is 37.7 Å². The molecule has 1 aromatic rings. The predicted octanol–water partition coefficient (Wildman–Crippen LogP) is 0.949. The molecule has 8 heteroatoms. The van der Waals surface area contributed by atoms with E-state index in [2.05, 4.69) is 15.1 Å². The molecule has 0 unspecified atom stereocenters. The van der Waals surface area contributed by atoms with Crippen LogP contribution < -0.4 is 14.8 Å². The van der Waals surface area contributed by atoms with Gasteiger partial charge in [-0.3, -0.25) is 19.4 Å². The molecule has 0 aromatic heterocycles. The summed E-state index contributed by atoms with van der Waals surface area (Å²) < 4.78 is 10.7. The van der Waals surface area contributed by atoms with Gasteiger partial charge in [-0.1, -0.05) is 6.07 Å².